The molecule has 9 heteroatoms. The molecule has 0 spiro atoms. The largest absolute Gasteiger partial charge is 0.484 e. The second-order valence-corrected chi connectivity index (χ2v) is 7.80. The summed E-state index contributed by atoms with van der Waals surface area (Å²) in [7, 11) is -0.578. The van der Waals surface area contributed by atoms with E-state index in [4.69, 9.17) is 27.9 Å². The maximum Gasteiger partial charge on any atom is 0.261 e. The zero-order valence-corrected chi connectivity index (χ0v) is 15.8. The number of halogens is 2. The number of carbonyl (C=O) groups is 1. The molecule has 2 aromatic carbocycles. The summed E-state index contributed by atoms with van der Waals surface area (Å²) in [4.78, 5) is 12.9. The lowest BCUT2D eigenvalue weighted by atomic mass is 10.3. The minimum absolute atomic E-state index is 0.0322. The van der Waals surface area contributed by atoms with E-state index in [1.165, 1.54) is 47.4 Å². The minimum atomic E-state index is -3.82. The quantitative estimate of drug-likeness (QED) is 0.804. The average Bonchev–Trinajstić information content (AvgIpc) is 2.55. The molecule has 134 valence electrons. The van der Waals surface area contributed by atoms with Crippen molar-refractivity contribution >= 4 is 44.8 Å². The smallest absolute Gasteiger partial charge is 0.261 e. The number of rotatable bonds is 6. The normalized spacial score (nSPS) is 11.0. The maximum absolute atomic E-state index is 12.4. The topological polar surface area (TPSA) is 75.7 Å². The van der Waals surface area contributed by atoms with Crippen LogP contribution in [0, 0.1) is 0 Å². The second-order valence-electron chi connectivity index (χ2n) is 5.28. The number of hydrogen-bond acceptors (Lipinski definition) is 4. The molecule has 0 aromatic heterocycles. The maximum atomic E-state index is 12.4. The van der Waals surface area contributed by atoms with Gasteiger partial charge in [0.15, 0.2) is 6.61 Å². The molecule has 0 aliphatic heterocycles. The van der Waals surface area contributed by atoms with Crippen molar-refractivity contribution in [1.82, 2.24) is 4.90 Å². The zero-order valence-electron chi connectivity index (χ0n) is 13.5. The van der Waals surface area contributed by atoms with Gasteiger partial charge in [0.1, 0.15) is 5.75 Å². The van der Waals surface area contributed by atoms with Crippen molar-refractivity contribution in [2.75, 3.05) is 25.4 Å². The number of carbonyl (C=O) groups excluding carboxylic acids is 1. The van der Waals surface area contributed by atoms with Crippen LogP contribution in [0.4, 0.5) is 5.69 Å². The van der Waals surface area contributed by atoms with E-state index in [0.29, 0.717) is 10.8 Å². The Kier molecular flexibility index (Phi) is 6.16. The Labute approximate surface area is 156 Å². The van der Waals surface area contributed by atoms with Gasteiger partial charge in [0.05, 0.1) is 15.6 Å². The van der Waals surface area contributed by atoms with Gasteiger partial charge >= 0.3 is 0 Å². The van der Waals surface area contributed by atoms with E-state index in [0.717, 1.165) is 0 Å². The van der Waals surface area contributed by atoms with Gasteiger partial charge in [-0.1, -0.05) is 23.2 Å². The Bertz CT molecular complexity index is 868. The van der Waals surface area contributed by atoms with E-state index in [2.05, 4.69) is 4.72 Å². The average molecular weight is 403 g/mol. The molecule has 0 bridgehead atoms. The van der Waals surface area contributed by atoms with Crippen LogP contribution in [-0.4, -0.2) is 39.9 Å². The first-order valence-electron chi connectivity index (χ1n) is 7.10. The molecule has 0 saturated carbocycles. The number of ether oxygens (including phenoxy) is 1. The summed E-state index contributed by atoms with van der Waals surface area (Å²) in [5.41, 5.74) is 0.225. The highest BCUT2D eigenvalue weighted by molar-refractivity contribution is 7.92. The first-order chi connectivity index (χ1) is 11.7. The van der Waals surface area contributed by atoms with Crippen molar-refractivity contribution in [2.24, 2.45) is 0 Å². The summed E-state index contributed by atoms with van der Waals surface area (Å²) in [6.45, 7) is -0.127. The molecule has 0 unspecified atom stereocenters. The van der Waals surface area contributed by atoms with Crippen molar-refractivity contribution in [1.29, 1.82) is 0 Å². The van der Waals surface area contributed by atoms with Crippen LogP contribution in [0.25, 0.3) is 0 Å². The first-order valence-corrected chi connectivity index (χ1v) is 9.34. The highest BCUT2D eigenvalue weighted by Gasteiger charge is 2.16. The number of benzene rings is 2. The van der Waals surface area contributed by atoms with Gasteiger partial charge in [0, 0.05) is 19.1 Å². The summed E-state index contributed by atoms with van der Waals surface area (Å²) in [5, 5.41) is 0.597. The van der Waals surface area contributed by atoms with Crippen molar-refractivity contribution in [3.63, 3.8) is 0 Å². The van der Waals surface area contributed by atoms with Gasteiger partial charge in [-0.2, -0.15) is 0 Å². The summed E-state index contributed by atoms with van der Waals surface area (Å²) >= 11 is 11.8. The number of hydrogen-bond donors (Lipinski definition) is 1. The van der Waals surface area contributed by atoms with E-state index in [1.807, 2.05) is 0 Å². The summed E-state index contributed by atoms with van der Waals surface area (Å²) in [5.74, 6) is 0.189. The molecule has 2 aromatic rings. The lowest BCUT2D eigenvalue weighted by molar-refractivity contribution is -0.130. The predicted molar refractivity (Wildman–Crippen MR) is 97.9 cm³/mol. The van der Waals surface area contributed by atoms with Crippen LogP contribution in [0.5, 0.6) is 5.75 Å². The Morgan fingerprint density at radius 2 is 1.76 bits per heavy atom. The molecule has 1 amide bonds. The Balaban J connectivity index is 2.10. The van der Waals surface area contributed by atoms with E-state index < -0.39 is 10.0 Å². The van der Waals surface area contributed by atoms with Gasteiger partial charge in [-0.3, -0.25) is 9.52 Å². The summed E-state index contributed by atoms with van der Waals surface area (Å²) in [6.07, 6.45) is 0. The Morgan fingerprint density at radius 3 is 2.32 bits per heavy atom. The number of sulfonamides is 1. The van der Waals surface area contributed by atoms with Crippen molar-refractivity contribution in [3.8, 4) is 5.75 Å². The number of anilines is 1. The fourth-order valence-electron chi connectivity index (χ4n) is 1.77. The van der Waals surface area contributed by atoms with Crippen LogP contribution in [-0.2, 0) is 14.8 Å². The summed E-state index contributed by atoms with van der Waals surface area (Å²) in [6, 6.07) is 10.2. The fourth-order valence-corrected chi connectivity index (χ4v) is 3.36. The van der Waals surface area contributed by atoms with Gasteiger partial charge < -0.3 is 9.64 Å². The van der Waals surface area contributed by atoms with Crippen LogP contribution in [0.15, 0.2) is 47.4 Å². The minimum Gasteiger partial charge on any atom is -0.484 e. The van der Waals surface area contributed by atoms with E-state index in [1.54, 1.807) is 14.1 Å². The standard InChI is InChI=1S/C16H16Cl2N2O4S/c1-20(2)16(21)10-24-12-4-6-13(7-5-12)25(22,23)19-15-8-3-11(17)9-14(15)18/h3-9,19H,10H2,1-2H3. The fraction of sp³-hybridized carbons (Fsp3) is 0.188. The van der Waals surface area contributed by atoms with Crippen molar-refractivity contribution < 1.29 is 17.9 Å². The monoisotopic (exact) mass is 402 g/mol. The van der Waals surface area contributed by atoms with Crippen molar-refractivity contribution in [2.45, 2.75) is 4.90 Å². The third-order valence-electron chi connectivity index (χ3n) is 3.17. The zero-order chi connectivity index (χ0) is 18.6. The van der Waals surface area contributed by atoms with E-state index in [-0.39, 0.29) is 28.1 Å². The van der Waals surface area contributed by atoms with Crippen LogP contribution in [0.1, 0.15) is 0 Å². The van der Waals surface area contributed by atoms with E-state index in [9.17, 15) is 13.2 Å². The third-order valence-corrected chi connectivity index (χ3v) is 5.10. The predicted octanol–water partition coefficient (Wildman–Crippen LogP) is 3.26. The second kappa shape index (κ2) is 7.95. The van der Waals surface area contributed by atoms with Gasteiger partial charge in [-0.05, 0) is 42.5 Å². The van der Waals surface area contributed by atoms with Crippen LogP contribution in [0.2, 0.25) is 10.0 Å². The molecular formula is C16H16Cl2N2O4S. The highest BCUT2D eigenvalue weighted by atomic mass is 35.5. The Hall–Kier alpha value is -1.96. The van der Waals surface area contributed by atoms with Crippen LogP contribution in [0.3, 0.4) is 0 Å². The molecule has 1 N–H and O–H groups in total. The van der Waals surface area contributed by atoms with Gasteiger partial charge in [0.2, 0.25) is 0 Å². The van der Waals surface area contributed by atoms with E-state index >= 15 is 0 Å². The van der Waals surface area contributed by atoms with Crippen LogP contribution < -0.4 is 9.46 Å². The third kappa shape index (κ3) is 5.26. The van der Waals surface area contributed by atoms with Gasteiger partial charge in [0.25, 0.3) is 15.9 Å². The Morgan fingerprint density at radius 1 is 1.12 bits per heavy atom. The lowest BCUT2D eigenvalue weighted by Crippen LogP contribution is -2.27. The molecule has 6 nitrogen and oxygen atoms in total. The SMILES string of the molecule is CN(C)C(=O)COc1ccc(S(=O)(=O)Nc2ccc(Cl)cc2Cl)cc1. The number of nitrogens with zero attached hydrogens (tertiary/aromatic N) is 1. The first kappa shape index (κ1) is 19.4. The molecule has 0 heterocycles. The van der Waals surface area contributed by atoms with Crippen LogP contribution >= 0.6 is 23.2 Å². The van der Waals surface area contributed by atoms with Crippen molar-refractivity contribution in [3.05, 3.63) is 52.5 Å². The molecule has 0 aliphatic rings. The molecule has 2 rings (SSSR count). The van der Waals surface area contributed by atoms with Gasteiger partial charge in [-0.15, -0.1) is 0 Å². The summed E-state index contributed by atoms with van der Waals surface area (Å²) < 4.78 is 32.5. The molecule has 0 aliphatic carbocycles. The molecule has 0 fully saturated rings. The molecule has 0 atom stereocenters. The molecule has 0 saturated heterocycles. The lowest BCUT2D eigenvalue weighted by Gasteiger charge is -2.12. The van der Waals surface area contributed by atoms with Gasteiger partial charge in [-0.25, -0.2) is 8.42 Å². The number of amides is 1. The number of likely N-dealkylation sites (N-methyl/N-ethyl adjacent to an activating group) is 1. The molecule has 0 radical (unpaired) electrons. The highest BCUT2D eigenvalue weighted by Crippen LogP contribution is 2.28. The molecule has 25 heavy (non-hydrogen) atoms. The molecular weight excluding hydrogens is 387 g/mol. The number of nitrogens with one attached hydrogen (secondary N) is 1.